The third-order valence-electron chi connectivity index (χ3n) is 2.75. The summed E-state index contributed by atoms with van der Waals surface area (Å²) in [7, 11) is 1.74. The van der Waals surface area contributed by atoms with Gasteiger partial charge in [-0.3, -0.25) is 14.5 Å². The summed E-state index contributed by atoms with van der Waals surface area (Å²) in [4.78, 5) is 9.12. The van der Waals surface area contributed by atoms with E-state index in [1.165, 1.54) is 11.3 Å². The first-order chi connectivity index (χ1) is 8.66. The van der Waals surface area contributed by atoms with Crippen LogP contribution in [0.4, 0.5) is 5.69 Å². The molecule has 3 rings (SSSR count). The Balaban J connectivity index is 2.12. The Morgan fingerprint density at radius 2 is 2.33 bits per heavy atom. The van der Waals surface area contributed by atoms with E-state index in [0.717, 1.165) is 21.7 Å². The lowest BCUT2D eigenvalue weighted by atomic mass is 10.1. The minimum atomic E-state index is 0.184. The molecule has 2 aromatic rings. The molecule has 0 radical (unpaired) electrons. The van der Waals surface area contributed by atoms with E-state index in [4.69, 9.17) is 12.2 Å². The second-order valence-electron chi connectivity index (χ2n) is 3.87. The van der Waals surface area contributed by atoms with Crippen molar-refractivity contribution in [3.8, 4) is 5.88 Å². The summed E-state index contributed by atoms with van der Waals surface area (Å²) in [6.07, 6.45) is 7.14. The molecule has 1 aliphatic rings. The maximum absolute atomic E-state index is 9.93. The van der Waals surface area contributed by atoms with Gasteiger partial charge in [0.1, 0.15) is 0 Å². The Morgan fingerprint density at radius 1 is 1.50 bits per heavy atom. The SMILES string of the molecule is Cn1c(O)c(/C=C2\C=Nc3ccncc32)sc1=S. The Kier molecular flexibility index (Phi) is 2.61. The zero-order chi connectivity index (χ0) is 12.7. The molecule has 0 amide bonds. The first-order valence-electron chi connectivity index (χ1n) is 5.26. The molecule has 4 nitrogen and oxygen atoms in total. The van der Waals surface area contributed by atoms with Crippen molar-refractivity contribution in [3.63, 3.8) is 0 Å². The van der Waals surface area contributed by atoms with E-state index in [0.29, 0.717) is 3.95 Å². The molecular weight excluding hydrogens is 266 g/mol. The number of nitrogens with zero attached hydrogens (tertiary/aromatic N) is 3. The molecule has 1 N–H and O–H groups in total. The normalized spacial score (nSPS) is 15.3. The Hall–Kier alpha value is -1.79. The van der Waals surface area contributed by atoms with E-state index in [-0.39, 0.29) is 5.88 Å². The van der Waals surface area contributed by atoms with Gasteiger partial charge in [0.05, 0.1) is 10.6 Å². The van der Waals surface area contributed by atoms with Crippen molar-refractivity contribution in [1.29, 1.82) is 0 Å². The minimum Gasteiger partial charge on any atom is -0.493 e. The van der Waals surface area contributed by atoms with Crippen molar-refractivity contribution in [2.75, 3.05) is 0 Å². The van der Waals surface area contributed by atoms with Gasteiger partial charge in [-0.15, -0.1) is 11.3 Å². The maximum Gasteiger partial charge on any atom is 0.210 e. The highest BCUT2D eigenvalue weighted by atomic mass is 32.1. The van der Waals surface area contributed by atoms with Gasteiger partial charge >= 0.3 is 0 Å². The number of allylic oxidation sites excluding steroid dienone is 1. The fourth-order valence-electron chi connectivity index (χ4n) is 1.74. The van der Waals surface area contributed by atoms with Crippen LogP contribution in [0.25, 0.3) is 11.6 Å². The number of pyridine rings is 1. The second kappa shape index (κ2) is 4.15. The summed E-state index contributed by atoms with van der Waals surface area (Å²) in [5.41, 5.74) is 2.80. The molecule has 0 bridgehead atoms. The first-order valence-corrected chi connectivity index (χ1v) is 6.48. The molecule has 2 aromatic heterocycles. The van der Waals surface area contributed by atoms with E-state index >= 15 is 0 Å². The maximum atomic E-state index is 9.93. The highest BCUT2D eigenvalue weighted by Crippen LogP contribution is 2.34. The van der Waals surface area contributed by atoms with Crippen LogP contribution in [0.5, 0.6) is 5.88 Å². The van der Waals surface area contributed by atoms with Gasteiger partial charge in [-0.2, -0.15) is 0 Å². The van der Waals surface area contributed by atoms with Crippen molar-refractivity contribution in [3.05, 3.63) is 32.9 Å². The molecular formula is C12H9N3OS2. The van der Waals surface area contributed by atoms with Gasteiger partial charge in [0, 0.05) is 36.8 Å². The van der Waals surface area contributed by atoms with Crippen LogP contribution in [0.1, 0.15) is 10.4 Å². The van der Waals surface area contributed by atoms with Crippen LogP contribution < -0.4 is 0 Å². The largest absolute Gasteiger partial charge is 0.493 e. The molecule has 0 saturated carbocycles. The van der Waals surface area contributed by atoms with Crippen LogP contribution in [0.3, 0.4) is 0 Å². The number of thiazole rings is 1. The number of hydrogen-bond acceptors (Lipinski definition) is 5. The van der Waals surface area contributed by atoms with Crippen molar-refractivity contribution < 1.29 is 5.11 Å². The van der Waals surface area contributed by atoms with E-state index < -0.39 is 0 Å². The predicted molar refractivity (Wildman–Crippen MR) is 76.0 cm³/mol. The quantitative estimate of drug-likeness (QED) is 0.813. The fourth-order valence-corrected chi connectivity index (χ4v) is 2.92. The van der Waals surface area contributed by atoms with Gasteiger partial charge in [-0.1, -0.05) is 0 Å². The van der Waals surface area contributed by atoms with E-state index in [1.807, 2.05) is 12.1 Å². The Morgan fingerprint density at radius 3 is 3.06 bits per heavy atom. The van der Waals surface area contributed by atoms with Crippen LogP contribution in [-0.2, 0) is 7.05 Å². The zero-order valence-corrected chi connectivity index (χ0v) is 11.1. The first kappa shape index (κ1) is 11.3. The van der Waals surface area contributed by atoms with Crippen LogP contribution in [0.15, 0.2) is 23.5 Å². The topological polar surface area (TPSA) is 50.4 Å². The number of hydrogen-bond donors (Lipinski definition) is 1. The second-order valence-corrected chi connectivity index (χ2v) is 5.54. The molecule has 0 spiro atoms. The van der Waals surface area contributed by atoms with E-state index in [2.05, 4.69) is 9.98 Å². The molecule has 3 heterocycles. The molecule has 90 valence electrons. The van der Waals surface area contributed by atoms with Crippen molar-refractivity contribution in [2.45, 2.75) is 0 Å². The summed E-state index contributed by atoms with van der Waals surface area (Å²) in [5.74, 6) is 0.184. The molecule has 6 heteroatoms. The third kappa shape index (κ3) is 1.70. The molecule has 0 saturated heterocycles. The minimum absolute atomic E-state index is 0.184. The van der Waals surface area contributed by atoms with Gasteiger partial charge in [0.2, 0.25) is 5.88 Å². The lowest BCUT2D eigenvalue weighted by Crippen LogP contribution is -1.85. The van der Waals surface area contributed by atoms with Gasteiger partial charge < -0.3 is 5.11 Å². The lowest BCUT2D eigenvalue weighted by molar-refractivity contribution is 0.430. The number of fused-ring (bicyclic) bond motifs is 1. The van der Waals surface area contributed by atoms with Crippen molar-refractivity contribution >= 4 is 47.1 Å². The molecule has 1 aliphatic heterocycles. The summed E-state index contributed by atoms with van der Waals surface area (Å²) in [6, 6.07) is 1.86. The third-order valence-corrected chi connectivity index (χ3v) is 4.24. The highest BCUT2D eigenvalue weighted by Gasteiger charge is 2.14. The van der Waals surface area contributed by atoms with E-state index in [9.17, 15) is 5.11 Å². The average Bonchev–Trinajstić information content (AvgIpc) is 2.89. The van der Waals surface area contributed by atoms with Crippen LogP contribution in [0.2, 0.25) is 0 Å². The summed E-state index contributed by atoms with van der Waals surface area (Å²) in [5, 5.41) is 9.93. The number of aromatic hydroxyl groups is 1. The van der Waals surface area contributed by atoms with Gasteiger partial charge in [0.25, 0.3) is 0 Å². The van der Waals surface area contributed by atoms with Crippen molar-refractivity contribution in [2.24, 2.45) is 12.0 Å². The van der Waals surface area contributed by atoms with E-state index in [1.54, 1.807) is 30.2 Å². The lowest BCUT2D eigenvalue weighted by Gasteiger charge is -1.98. The molecule has 18 heavy (non-hydrogen) atoms. The fraction of sp³-hybridized carbons (Fsp3) is 0.0833. The standard InChI is InChI=1S/C12H9N3OS2/c1-15-11(16)10(18-12(15)17)4-7-5-14-9-2-3-13-6-8(7)9/h2-6,16H,1H3/b7-4+. The summed E-state index contributed by atoms with van der Waals surface area (Å²) >= 11 is 6.50. The summed E-state index contributed by atoms with van der Waals surface area (Å²) < 4.78 is 2.23. The average molecular weight is 275 g/mol. The predicted octanol–water partition coefficient (Wildman–Crippen LogP) is 3.17. The number of rotatable bonds is 1. The summed E-state index contributed by atoms with van der Waals surface area (Å²) in [6.45, 7) is 0. The Labute approximate surface area is 113 Å². The zero-order valence-electron chi connectivity index (χ0n) is 9.49. The Bertz CT molecular complexity index is 740. The van der Waals surface area contributed by atoms with Crippen LogP contribution >= 0.6 is 23.6 Å². The van der Waals surface area contributed by atoms with Gasteiger partial charge in [0.15, 0.2) is 3.95 Å². The highest BCUT2D eigenvalue weighted by molar-refractivity contribution is 7.73. The van der Waals surface area contributed by atoms with Crippen molar-refractivity contribution in [1.82, 2.24) is 9.55 Å². The molecule has 0 fully saturated rings. The number of aromatic nitrogens is 2. The smallest absolute Gasteiger partial charge is 0.210 e. The van der Waals surface area contributed by atoms with Crippen LogP contribution in [0, 0.1) is 3.95 Å². The van der Waals surface area contributed by atoms with Gasteiger partial charge in [-0.25, -0.2) is 0 Å². The monoisotopic (exact) mass is 275 g/mol. The molecule has 0 aliphatic carbocycles. The molecule has 0 atom stereocenters. The van der Waals surface area contributed by atoms with Gasteiger partial charge in [-0.05, 0) is 24.4 Å². The van der Waals surface area contributed by atoms with Crippen LogP contribution in [-0.4, -0.2) is 20.9 Å². The number of aliphatic imine (C=N–C) groups is 1. The molecule has 0 unspecified atom stereocenters. The molecule has 0 aromatic carbocycles.